The molecule has 1 aromatic carbocycles. The normalized spacial score (nSPS) is 18.0. The van der Waals surface area contributed by atoms with Gasteiger partial charge in [0.2, 0.25) is 5.91 Å². The van der Waals surface area contributed by atoms with Gasteiger partial charge in [0.05, 0.1) is 11.1 Å². The van der Waals surface area contributed by atoms with Gasteiger partial charge in [-0.1, -0.05) is 12.1 Å². The van der Waals surface area contributed by atoms with E-state index in [0.717, 1.165) is 43.9 Å². The van der Waals surface area contributed by atoms with Gasteiger partial charge >= 0.3 is 12.1 Å². The van der Waals surface area contributed by atoms with Gasteiger partial charge in [0.25, 0.3) is 0 Å². The second-order valence-electron chi connectivity index (χ2n) is 8.00. The number of aryl methyl sites for hydroxylation is 1. The lowest BCUT2D eigenvalue weighted by molar-refractivity contribution is -0.192. The number of halogens is 4. The Morgan fingerprint density at radius 1 is 1.16 bits per heavy atom. The molecule has 0 radical (unpaired) electrons. The predicted octanol–water partition coefficient (Wildman–Crippen LogP) is 3.79. The monoisotopic (exact) mass is 453 g/mol. The van der Waals surface area contributed by atoms with Gasteiger partial charge in [-0.3, -0.25) is 14.7 Å². The van der Waals surface area contributed by atoms with Gasteiger partial charge in [-0.2, -0.15) is 13.2 Å². The molecule has 32 heavy (non-hydrogen) atoms. The molecule has 172 valence electrons. The summed E-state index contributed by atoms with van der Waals surface area (Å²) in [5, 5.41) is 7.12. The van der Waals surface area contributed by atoms with Crippen molar-refractivity contribution in [2.24, 2.45) is 5.41 Å². The number of nitrogens with zero attached hydrogens (tertiary/aromatic N) is 3. The van der Waals surface area contributed by atoms with Crippen LogP contribution in [0.25, 0.3) is 0 Å². The Balaban J connectivity index is 0.000000360. The number of likely N-dealkylation sites (tertiary alicyclic amines) is 1. The van der Waals surface area contributed by atoms with Gasteiger partial charge < -0.3 is 10.0 Å². The van der Waals surface area contributed by atoms with Crippen LogP contribution in [-0.4, -0.2) is 52.7 Å². The van der Waals surface area contributed by atoms with Gasteiger partial charge in [-0.05, 0) is 63.2 Å². The van der Waals surface area contributed by atoms with Crippen molar-refractivity contribution in [3.8, 4) is 0 Å². The molecule has 0 bridgehead atoms. The van der Waals surface area contributed by atoms with Crippen LogP contribution in [0.3, 0.4) is 0 Å². The number of aromatic nitrogens is 1. The number of piperidine rings is 1. The molecule has 1 N–H and O–H groups in total. The molecule has 0 atom stereocenters. The van der Waals surface area contributed by atoms with Crippen molar-refractivity contribution in [3.05, 3.63) is 59.7 Å². The number of β-lactam (4-membered cyclic amide) rings is 1. The topological polar surface area (TPSA) is 73.7 Å². The number of pyridine rings is 1. The molecular formula is C22H23F4N3O3. The first-order valence-corrected chi connectivity index (χ1v) is 10.0. The zero-order chi connectivity index (χ0) is 23.5. The van der Waals surface area contributed by atoms with E-state index in [0.29, 0.717) is 12.2 Å². The second-order valence-corrected chi connectivity index (χ2v) is 8.00. The highest BCUT2D eigenvalue weighted by Crippen LogP contribution is 2.44. The third-order valence-electron chi connectivity index (χ3n) is 5.67. The van der Waals surface area contributed by atoms with Gasteiger partial charge in [0, 0.05) is 24.5 Å². The summed E-state index contributed by atoms with van der Waals surface area (Å²) in [5.41, 5.74) is 2.54. The third kappa shape index (κ3) is 5.42. The van der Waals surface area contributed by atoms with Crippen LogP contribution in [0.15, 0.2) is 42.5 Å². The highest BCUT2D eigenvalue weighted by atomic mass is 19.4. The maximum atomic E-state index is 13.4. The van der Waals surface area contributed by atoms with E-state index in [4.69, 9.17) is 9.90 Å². The minimum atomic E-state index is -5.08. The third-order valence-corrected chi connectivity index (χ3v) is 5.67. The van der Waals surface area contributed by atoms with E-state index >= 15 is 0 Å². The highest BCUT2D eigenvalue weighted by Gasteiger charge is 2.53. The molecular weight excluding hydrogens is 430 g/mol. The van der Waals surface area contributed by atoms with Crippen molar-refractivity contribution in [3.63, 3.8) is 0 Å². The van der Waals surface area contributed by atoms with Crippen molar-refractivity contribution in [2.75, 3.05) is 24.5 Å². The first-order chi connectivity index (χ1) is 15.0. The van der Waals surface area contributed by atoms with Crippen LogP contribution >= 0.6 is 0 Å². The van der Waals surface area contributed by atoms with Crippen LogP contribution in [0.4, 0.5) is 23.2 Å². The molecule has 2 saturated heterocycles. The molecule has 6 nitrogen and oxygen atoms in total. The molecule has 4 rings (SSSR count). The van der Waals surface area contributed by atoms with Crippen molar-refractivity contribution < 1.29 is 32.3 Å². The molecule has 0 saturated carbocycles. The fourth-order valence-corrected chi connectivity index (χ4v) is 3.92. The molecule has 1 amide bonds. The van der Waals surface area contributed by atoms with E-state index in [-0.39, 0.29) is 17.1 Å². The fourth-order valence-electron chi connectivity index (χ4n) is 3.92. The highest BCUT2D eigenvalue weighted by molar-refractivity contribution is 6.04. The largest absolute Gasteiger partial charge is 0.490 e. The number of hydrogen-bond donors (Lipinski definition) is 1. The Bertz CT molecular complexity index is 988. The summed E-state index contributed by atoms with van der Waals surface area (Å²) in [6.45, 7) is 5.34. The molecule has 2 aliphatic heterocycles. The SMILES string of the molecule is Cc1cccc(CN2CCC3(CC2)CN(c2cccc(F)c2)C3=O)n1.O=C(O)C(F)(F)F. The van der Waals surface area contributed by atoms with Crippen molar-refractivity contribution >= 4 is 17.6 Å². The van der Waals surface area contributed by atoms with Crippen LogP contribution < -0.4 is 4.90 Å². The first-order valence-electron chi connectivity index (χ1n) is 10.0. The lowest BCUT2D eigenvalue weighted by atomic mass is 9.70. The van der Waals surface area contributed by atoms with Gasteiger partial charge in [0.1, 0.15) is 5.82 Å². The predicted molar refractivity (Wildman–Crippen MR) is 108 cm³/mol. The zero-order valence-corrected chi connectivity index (χ0v) is 17.4. The Labute approximate surface area is 182 Å². The Kier molecular flexibility index (Phi) is 6.82. The average Bonchev–Trinajstić information content (AvgIpc) is 2.72. The second kappa shape index (κ2) is 9.23. The summed E-state index contributed by atoms with van der Waals surface area (Å²) in [7, 11) is 0. The number of carboxylic acid groups (broad SMARTS) is 1. The number of anilines is 1. The standard InChI is InChI=1S/C20H22FN3O.C2HF3O2/c1-15-4-2-6-17(22-15)13-23-10-8-20(9-11-23)14-24(19(20)25)18-7-3-5-16(21)12-18;3-2(4,5)1(6)7/h2-7,12H,8-11,13-14H2,1H3;(H,6,7). The van der Waals surface area contributed by atoms with Crippen LogP contribution in [0.1, 0.15) is 24.2 Å². The number of benzene rings is 1. The number of carbonyl (C=O) groups is 2. The number of carboxylic acids is 1. The van der Waals surface area contributed by atoms with Crippen LogP contribution in [-0.2, 0) is 16.1 Å². The summed E-state index contributed by atoms with van der Waals surface area (Å²) >= 11 is 0. The summed E-state index contributed by atoms with van der Waals surface area (Å²) in [5.74, 6) is -2.91. The molecule has 2 aromatic rings. The summed E-state index contributed by atoms with van der Waals surface area (Å²) in [6, 6.07) is 12.4. The van der Waals surface area contributed by atoms with Crippen molar-refractivity contribution in [2.45, 2.75) is 32.5 Å². The minimum absolute atomic E-state index is 0.145. The summed E-state index contributed by atoms with van der Waals surface area (Å²) < 4.78 is 45.1. The number of hydrogen-bond acceptors (Lipinski definition) is 4. The average molecular weight is 453 g/mol. The fraction of sp³-hybridized carbons (Fsp3) is 0.409. The van der Waals surface area contributed by atoms with Crippen LogP contribution in [0.2, 0.25) is 0 Å². The number of carbonyl (C=O) groups excluding carboxylic acids is 1. The van der Waals surface area contributed by atoms with Crippen LogP contribution in [0.5, 0.6) is 0 Å². The molecule has 2 fully saturated rings. The molecule has 3 heterocycles. The van der Waals surface area contributed by atoms with E-state index in [1.54, 1.807) is 17.0 Å². The number of alkyl halides is 3. The number of rotatable bonds is 3. The lowest BCUT2D eigenvalue weighted by Gasteiger charge is -2.52. The van der Waals surface area contributed by atoms with Gasteiger partial charge in [-0.25, -0.2) is 9.18 Å². The van der Waals surface area contributed by atoms with Gasteiger partial charge in [0.15, 0.2) is 0 Å². The quantitative estimate of drug-likeness (QED) is 0.566. The molecule has 0 unspecified atom stereocenters. The van der Waals surface area contributed by atoms with E-state index in [1.807, 2.05) is 19.1 Å². The molecule has 1 spiro atoms. The smallest absolute Gasteiger partial charge is 0.475 e. The van der Waals surface area contributed by atoms with Crippen molar-refractivity contribution in [1.29, 1.82) is 0 Å². The summed E-state index contributed by atoms with van der Waals surface area (Å²) in [4.78, 5) is 30.3. The lowest BCUT2D eigenvalue weighted by Crippen LogP contribution is -2.65. The van der Waals surface area contributed by atoms with Crippen molar-refractivity contribution in [1.82, 2.24) is 9.88 Å². The molecule has 10 heteroatoms. The van der Waals surface area contributed by atoms with Gasteiger partial charge in [-0.15, -0.1) is 0 Å². The summed E-state index contributed by atoms with van der Waals surface area (Å²) in [6.07, 6.45) is -3.35. The first kappa shape index (κ1) is 23.6. The Morgan fingerprint density at radius 2 is 1.78 bits per heavy atom. The maximum absolute atomic E-state index is 13.4. The van der Waals surface area contributed by atoms with E-state index in [9.17, 15) is 22.4 Å². The Hall–Kier alpha value is -3.01. The van der Waals surface area contributed by atoms with E-state index in [2.05, 4.69) is 16.0 Å². The van der Waals surface area contributed by atoms with Crippen LogP contribution in [0, 0.1) is 18.2 Å². The number of aliphatic carboxylic acids is 1. The zero-order valence-electron chi connectivity index (χ0n) is 17.4. The number of amides is 1. The minimum Gasteiger partial charge on any atom is -0.475 e. The maximum Gasteiger partial charge on any atom is 0.490 e. The molecule has 2 aliphatic rings. The van der Waals surface area contributed by atoms with E-state index < -0.39 is 12.1 Å². The van der Waals surface area contributed by atoms with E-state index in [1.165, 1.54) is 12.1 Å². The Morgan fingerprint density at radius 3 is 2.31 bits per heavy atom. The molecule has 0 aliphatic carbocycles. The molecule has 1 aromatic heterocycles.